The lowest BCUT2D eigenvalue weighted by atomic mass is 9.88. The second-order valence-corrected chi connectivity index (χ2v) is 4.46. The van der Waals surface area contributed by atoms with Crippen LogP contribution in [0.5, 0.6) is 0 Å². The van der Waals surface area contributed by atoms with Crippen molar-refractivity contribution in [2.75, 3.05) is 19.8 Å². The molecular formula is C9H16FNO2. The molecule has 1 saturated heterocycles. The summed E-state index contributed by atoms with van der Waals surface area (Å²) in [6, 6.07) is 0. The van der Waals surface area contributed by atoms with Gasteiger partial charge in [0, 0.05) is 12.0 Å². The summed E-state index contributed by atoms with van der Waals surface area (Å²) >= 11 is 0. The summed E-state index contributed by atoms with van der Waals surface area (Å²) in [5, 5.41) is 2.57. The zero-order chi connectivity index (χ0) is 10.1. The van der Waals surface area contributed by atoms with Crippen molar-refractivity contribution in [3.8, 4) is 0 Å². The van der Waals surface area contributed by atoms with Crippen molar-refractivity contribution in [3.05, 3.63) is 0 Å². The molecule has 76 valence electrons. The van der Waals surface area contributed by atoms with Crippen LogP contribution in [0.3, 0.4) is 0 Å². The summed E-state index contributed by atoms with van der Waals surface area (Å²) in [6.45, 7) is 6.27. The average Bonchev–Trinajstić information content (AvgIpc) is 1.94. The van der Waals surface area contributed by atoms with Crippen LogP contribution in [0.2, 0.25) is 0 Å². The fourth-order valence-electron chi connectivity index (χ4n) is 1.06. The molecule has 0 aromatic rings. The zero-order valence-electron chi connectivity index (χ0n) is 8.32. The molecule has 13 heavy (non-hydrogen) atoms. The molecule has 0 atom stereocenters. The van der Waals surface area contributed by atoms with Crippen molar-refractivity contribution in [1.82, 2.24) is 5.32 Å². The molecule has 1 rings (SSSR count). The minimum Gasteiger partial charge on any atom is -0.380 e. The van der Waals surface area contributed by atoms with E-state index in [0.717, 1.165) is 0 Å². The Morgan fingerprint density at radius 3 is 2.46 bits per heavy atom. The van der Waals surface area contributed by atoms with E-state index >= 15 is 0 Å². The molecule has 0 aromatic carbocycles. The number of hydrogen-bond acceptors (Lipinski definition) is 2. The number of carbonyl (C=O) groups is 1. The number of ether oxygens (including phenoxy) is 1. The smallest absolute Gasteiger partial charge is 0.257 e. The van der Waals surface area contributed by atoms with Gasteiger partial charge < -0.3 is 10.1 Å². The van der Waals surface area contributed by atoms with Crippen LogP contribution in [0.25, 0.3) is 0 Å². The molecule has 4 heteroatoms. The van der Waals surface area contributed by atoms with Crippen molar-refractivity contribution in [2.24, 2.45) is 5.41 Å². The first kappa shape index (κ1) is 10.4. The van der Waals surface area contributed by atoms with Gasteiger partial charge in [0.2, 0.25) is 0 Å². The van der Waals surface area contributed by atoms with E-state index in [0.29, 0.717) is 19.8 Å². The second-order valence-electron chi connectivity index (χ2n) is 4.46. The molecule has 0 radical (unpaired) electrons. The highest BCUT2D eigenvalue weighted by atomic mass is 19.1. The van der Waals surface area contributed by atoms with Crippen LogP contribution in [-0.4, -0.2) is 31.3 Å². The van der Waals surface area contributed by atoms with Crippen molar-refractivity contribution < 1.29 is 13.9 Å². The van der Waals surface area contributed by atoms with Crippen LogP contribution in [0.4, 0.5) is 4.39 Å². The largest absolute Gasteiger partial charge is 0.380 e. The summed E-state index contributed by atoms with van der Waals surface area (Å²) in [6.07, 6.45) is 0. The molecule has 0 spiro atoms. The maximum Gasteiger partial charge on any atom is 0.257 e. The highest BCUT2D eigenvalue weighted by Gasteiger charge is 2.35. The quantitative estimate of drug-likeness (QED) is 0.716. The molecule has 0 unspecified atom stereocenters. The van der Waals surface area contributed by atoms with E-state index in [1.54, 1.807) is 0 Å². The molecule has 1 heterocycles. The Labute approximate surface area is 77.6 Å². The van der Waals surface area contributed by atoms with E-state index in [4.69, 9.17) is 4.74 Å². The lowest BCUT2D eigenvalue weighted by Gasteiger charge is -2.38. The first-order chi connectivity index (χ1) is 5.83. The molecule has 0 saturated carbocycles. The number of carbonyl (C=O) groups excluding carboxylic acids is 1. The average molecular weight is 189 g/mol. The van der Waals surface area contributed by atoms with Crippen molar-refractivity contribution in [1.29, 1.82) is 0 Å². The van der Waals surface area contributed by atoms with Crippen LogP contribution in [-0.2, 0) is 9.53 Å². The Balaban J connectivity index is 2.30. The molecule has 1 amide bonds. The first-order valence-electron chi connectivity index (χ1n) is 4.38. The van der Waals surface area contributed by atoms with Crippen LogP contribution in [0.15, 0.2) is 0 Å². The first-order valence-corrected chi connectivity index (χ1v) is 4.38. The van der Waals surface area contributed by atoms with Crippen LogP contribution in [0.1, 0.15) is 20.8 Å². The summed E-state index contributed by atoms with van der Waals surface area (Å²) < 4.78 is 18.0. The minimum absolute atomic E-state index is 0.000903. The lowest BCUT2D eigenvalue weighted by molar-refractivity contribution is -0.135. The Morgan fingerprint density at radius 1 is 1.62 bits per heavy atom. The summed E-state index contributed by atoms with van der Waals surface area (Å²) in [7, 11) is 0. The van der Waals surface area contributed by atoms with Gasteiger partial charge in [-0.3, -0.25) is 4.79 Å². The molecule has 1 aliphatic rings. The zero-order valence-corrected chi connectivity index (χ0v) is 8.32. The number of amides is 1. The van der Waals surface area contributed by atoms with E-state index in [2.05, 4.69) is 5.32 Å². The van der Waals surface area contributed by atoms with Gasteiger partial charge in [-0.15, -0.1) is 0 Å². The molecule has 1 aliphatic heterocycles. The lowest BCUT2D eigenvalue weighted by Crippen LogP contribution is -2.51. The maximum atomic E-state index is 13.0. The number of rotatable bonds is 3. The van der Waals surface area contributed by atoms with Gasteiger partial charge in [0.1, 0.15) is 0 Å². The van der Waals surface area contributed by atoms with Crippen LogP contribution in [0, 0.1) is 5.41 Å². The minimum atomic E-state index is -1.79. The second kappa shape index (κ2) is 3.25. The third-order valence-corrected chi connectivity index (χ3v) is 2.12. The van der Waals surface area contributed by atoms with E-state index in [9.17, 15) is 9.18 Å². The number of nitrogens with one attached hydrogen (secondary N) is 1. The Morgan fingerprint density at radius 2 is 2.15 bits per heavy atom. The third kappa shape index (κ3) is 2.66. The molecule has 0 aromatic heterocycles. The van der Waals surface area contributed by atoms with E-state index in [1.165, 1.54) is 13.8 Å². The highest BCUT2D eigenvalue weighted by Crippen LogP contribution is 2.25. The SMILES string of the molecule is CC1(CNC(=O)C(C)(C)F)COC1. The normalized spacial score (nSPS) is 20.6. The van der Waals surface area contributed by atoms with Gasteiger partial charge >= 0.3 is 0 Å². The van der Waals surface area contributed by atoms with Gasteiger partial charge in [0.25, 0.3) is 5.91 Å². The Bertz CT molecular complexity index is 206. The van der Waals surface area contributed by atoms with Gasteiger partial charge in [-0.05, 0) is 13.8 Å². The predicted molar refractivity (Wildman–Crippen MR) is 47.1 cm³/mol. The van der Waals surface area contributed by atoms with Gasteiger partial charge in [0.15, 0.2) is 5.67 Å². The fourth-order valence-corrected chi connectivity index (χ4v) is 1.06. The van der Waals surface area contributed by atoms with Crippen molar-refractivity contribution >= 4 is 5.91 Å². The third-order valence-electron chi connectivity index (χ3n) is 2.12. The number of halogens is 1. The molecular weight excluding hydrogens is 173 g/mol. The number of hydrogen-bond donors (Lipinski definition) is 1. The fraction of sp³-hybridized carbons (Fsp3) is 0.889. The standard InChI is InChI=1S/C9H16FNO2/c1-8(2,10)7(12)11-4-9(3)5-13-6-9/h4-6H2,1-3H3,(H,11,12). The van der Waals surface area contributed by atoms with Crippen molar-refractivity contribution in [2.45, 2.75) is 26.4 Å². The molecule has 1 N–H and O–H groups in total. The number of alkyl halides is 1. The van der Waals surface area contributed by atoms with E-state index in [-0.39, 0.29) is 5.41 Å². The summed E-state index contributed by atoms with van der Waals surface area (Å²) in [4.78, 5) is 11.1. The van der Waals surface area contributed by atoms with E-state index < -0.39 is 11.6 Å². The van der Waals surface area contributed by atoms with E-state index in [1.807, 2.05) is 6.92 Å². The highest BCUT2D eigenvalue weighted by molar-refractivity contribution is 5.84. The Kier molecular flexibility index (Phi) is 2.61. The molecule has 3 nitrogen and oxygen atoms in total. The van der Waals surface area contributed by atoms with Crippen LogP contribution < -0.4 is 5.32 Å². The Hall–Kier alpha value is -0.640. The van der Waals surface area contributed by atoms with Gasteiger partial charge in [-0.2, -0.15) is 0 Å². The summed E-state index contributed by atoms with van der Waals surface area (Å²) in [5.74, 6) is -0.555. The van der Waals surface area contributed by atoms with Gasteiger partial charge in [0.05, 0.1) is 13.2 Å². The van der Waals surface area contributed by atoms with Gasteiger partial charge in [-0.1, -0.05) is 6.92 Å². The summed E-state index contributed by atoms with van der Waals surface area (Å²) in [5.41, 5.74) is -1.79. The topological polar surface area (TPSA) is 38.3 Å². The molecule has 0 aliphatic carbocycles. The van der Waals surface area contributed by atoms with Crippen molar-refractivity contribution in [3.63, 3.8) is 0 Å². The molecule has 0 bridgehead atoms. The van der Waals surface area contributed by atoms with Gasteiger partial charge in [-0.25, -0.2) is 4.39 Å². The van der Waals surface area contributed by atoms with Crippen LogP contribution >= 0.6 is 0 Å². The monoisotopic (exact) mass is 189 g/mol. The predicted octanol–water partition coefficient (Wildman–Crippen LogP) is 0.887. The maximum absolute atomic E-state index is 13.0. The molecule has 1 fully saturated rings.